The Hall–Kier alpha value is -2.28. The molecule has 25 heavy (non-hydrogen) atoms. The van der Waals surface area contributed by atoms with Crippen molar-refractivity contribution in [3.05, 3.63) is 24.3 Å². The summed E-state index contributed by atoms with van der Waals surface area (Å²) >= 11 is 0. The highest BCUT2D eigenvalue weighted by molar-refractivity contribution is 5.89. The summed E-state index contributed by atoms with van der Waals surface area (Å²) in [5, 5.41) is 5.66. The molecule has 1 saturated heterocycles. The second-order valence-corrected chi connectivity index (χ2v) is 6.62. The molecule has 0 saturated carbocycles. The molecule has 1 aromatic carbocycles. The third-order valence-electron chi connectivity index (χ3n) is 4.11. The molecule has 1 fully saturated rings. The number of hydrogen-bond donors (Lipinski definition) is 2. The van der Waals surface area contributed by atoms with Gasteiger partial charge in [0.2, 0.25) is 0 Å². The van der Waals surface area contributed by atoms with Gasteiger partial charge in [0, 0.05) is 44.1 Å². The van der Waals surface area contributed by atoms with Gasteiger partial charge in [0.25, 0.3) is 0 Å². The van der Waals surface area contributed by atoms with Gasteiger partial charge in [-0.3, -0.25) is 9.69 Å². The number of carbonyl (C=O) groups excluding carboxylic acids is 2. The van der Waals surface area contributed by atoms with Crippen LogP contribution in [0.5, 0.6) is 0 Å². The Balaban J connectivity index is 1.80. The third kappa shape index (κ3) is 6.26. The molecule has 0 radical (unpaired) electrons. The van der Waals surface area contributed by atoms with Crippen molar-refractivity contribution in [3.63, 3.8) is 0 Å². The summed E-state index contributed by atoms with van der Waals surface area (Å²) in [6.45, 7) is 8.48. The van der Waals surface area contributed by atoms with Crippen LogP contribution in [0.2, 0.25) is 0 Å². The average Bonchev–Trinajstić information content (AvgIpc) is 2.61. The van der Waals surface area contributed by atoms with Crippen molar-refractivity contribution in [1.29, 1.82) is 0 Å². The molecule has 7 heteroatoms. The highest BCUT2D eigenvalue weighted by Crippen LogP contribution is 2.19. The number of benzene rings is 1. The van der Waals surface area contributed by atoms with E-state index in [1.807, 2.05) is 24.3 Å². The number of nitrogens with one attached hydrogen (secondary N) is 2. The number of methoxy groups -OCH3 is 1. The van der Waals surface area contributed by atoms with Gasteiger partial charge in [-0.15, -0.1) is 0 Å². The van der Waals surface area contributed by atoms with Crippen LogP contribution in [0.1, 0.15) is 13.8 Å². The number of nitrogens with zero attached hydrogens (tertiary/aromatic N) is 2. The molecule has 138 valence electrons. The Morgan fingerprint density at radius 1 is 1.12 bits per heavy atom. The molecule has 1 aliphatic rings. The maximum absolute atomic E-state index is 11.8. The lowest BCUT2D eigenvalue weighted by molar-refractivity contribution is -0.142. The number of carbonyl (C=O) groups is 2. The molecule has 1 aliphatic heterocycles. The molecule has 0 aromatic heterocycles. The smallest absolute Gasteiger partial charge is 0.319 e. The van der Waals surface area contributed by atoms with Crippen LogP contribution < -0.4 is 15.5 Å². The molecule has 2 rings (SSSR count). The van der Waals surface area contributed by atoms with E-state index < -0.39 is 0 Å². The summed E-state index contributed by atoms with van der Waals surface area (Å²) in [5.74, 6) is 0.227. The number of rotatable bonds is 6. The van der Waals surface area contributed by atoms with Gasteiger partial charge in [-0.05, 0) is 30.2 Å². The number of esters is 1. The topological polar surface area (TPSA) is 73.9 Å². The van der Waals surface area contributed by atoms with Gasteiger partial charge >= 0.3 is 12.0 Å². The van der Waals surface area contributed by atoms with Gasteiger partial charge in [-0.1, -0.05) is 13.8 Å². The first-order chi connectivity index (χ1) is 12.0. The van der Waals surface area contributed by atoms with Gasteiger partial charge in [0.1, 0.15) is 0 Å². The fourth-order valence-electron chi connectivity index (χ4n) is 2.64. The zero-order valence-corrected chi connectivity index (χ0v) is 15.2. The van der Waals surface area contributed by atoms with Gasteiger partial charge in [0.15, 0.2) is 0 Å². The summed E-state index contributed by atoms with van der Waals surface area (Å²) in [5.41, 5.74) is 1.89. The quantitative estimate of drug-likeness (QED) is 0.767. The second-order valence-electron chi connectivity index (χ2n) is 6.62. The van der Waals surface area contributed by atoms with Crippen LogP contribution >= 0.6 is 0 Å². The summed E-state index contributed by atoms with van der Waals surface area (Å²) in [7, 11) is 1.41. The predicted octanol–water partition coefficient (Wildman–Crippen LogP) is 1.76. The molecular weight excluding hydrogens is 320 g/mol. The van der Waals surface area contributed by atoms with Crippen molar-refractivity contribution in [2.24, 2.45) is 5.92 Å². The van der Waals surface area contributed by atoms with E-state index in [4.69, 9.17) is 4.74 Å². The Labute approximate surface area is 149 Å². The molecule has 1 aromatic rings. The Kier molecular flexibility index (Phi) is 7.06. The number of amides is 2. The van der Waals surface area contributed by atoms with Gasteiger partial charge in [0.05, 0.1) is 13.7 Å². The summed E-state index contributed by atoms with van der Waals surface area (Å²) in [6.07, 6.45) is 0. The van der Waals surface area contributed by atoms with E-state index in [0.717, 1.165) is 37.6 Å². The number of urea groups is 1. The van der Waals surface area contributed by atoms with E-state index in [1.165, 1.54) is 7.11 Å². The lowest BCUT2D eigenvalue weighted by atomic mass is 10.2. The van der Waals surface area contributed by atoms with Crippen LogP contribution in [-0.2, 0) is 9.53 Å². The van der Waals surface area contributed by atoms with E-state index in [1.54, 1.807) is 0 Å². The predicted molar refractivity (Wildman–Crippen MR) is 99.0 cm³/mol. The monoisotopic (exact) mass is 348 g/mol. The van der Waals surface area contributed by atoms with Crippen molar-refractivity contribution in [2.45, 2.75) is 13.8 Å². The standard InChI is InChI=1S/C18H28N4O3/c1-14(2)12-19-18(24)20-15-4-6-16(7-5-15)22-10-8-21(9-11-22)13-17(23)25-3/h4-7,14H,8-13H2,1-3H3,(H2,19,20,24). The molecule has 0 spiro atoms. The van der Waals surface area contributed by atoms with Crippen LogP contribution in [0, 0.1) is 5.92 Å². The molecule has 2 amide bonds. The molecule has 1 heterocycles. The van der Waals surface area contributed by atoms with Crippen LogP contribution in [-0.4, -0.2) is 63.3 Å². The van der Waals surface area contributed by atoms with Crippen molar-refractivity contribution < 1.29 is 14.3 Å². The maximum Gasteiger partial charge on any atom is 0.319 e. The first kappa shape index (κ1) is 19.1. The summed E-state index contributed by atoms with van der Waals surface area (Å²) in [4.78, 5) is 27.5. The third-order valence-corrected chi connectivity index (χ3v) is 4.11. The number of piperazine rings is 1. The zero-order chi connectivity index (χ0) is 18.2. The van der Waals surface area contributed by atoms with Crippen LogP contribution in [0.3, 0.4) is 0 Å². The Morgan fingerprint density at radius 2 is 1.76 bits per heavy atom. The summed E-state index contributed by atoms with van der Waals surface area (Å²) < 4.78 is 4.71. The van der Waals surface area contributed by atoms with E-state index in [-0.39, 0.29) is 12.0 Å². The minimum Gasteiger partial charge on any atom is -0.468 e. The maximum atomic E-state index is 11.8. The average molecular weight is 348 g/mol. The second kappa shape index (κ2) is 9.27. The molecule has 7 nitrogen and oxygen atoms in total. The van der Waals surface area contributed by atoms with E-state index in [0.29, 0.717) is 19.0 Å². The number of anilines is 2. The molecule has 0 bridgehead atoms. The number of hydrogen-bond acceptors (Lipinski definition) is 5. The van der Waals surface area contributed by atoms with Crippen molar-refractivity contribution in [3.8, 4) is 0 Å². The van der Waals surface area contributed by atoms with Crippen LogP contribution in [0.4, 0.5) is 16.2 Å². The molecule has 0 aliphatic carbocycles. The largest absolute Gasteiger partial charge is 0.468 e. The van der Waals surface area contributed by atoms with Gasteiger partial charge in [-0.2, -0.15) is 0 Å². The Morgan fingerprint density at radius 3 is 2.32 bits per heavy atom. The minimum atomic E-state index is -0.195. The normalized spacial score (nSPS) is 15.1. The fraction of sp³-hybridized carbons (Fsp3) is 0.556. The lowest BCUT2D eigenvalue weighted by Gasteiger charge is -2.35. The lowest BCUT2D eigenvalue weighted by Crippen LogP contribution is -2.48. The first-order valence-corrected chi connectivity index (χ1v) is 8.67. The van der Waals surface area contributed by atoms with E-state index in [9.17, 15) is 9.59 Å². The van der Waals surface area contributed by atoms with Crippen LogP contribution in [0.25, 0.3) is 0 Å². The highest BCUT2D eigenvalue weighted by atomic mass is 16.5. The Bertz CT molecular complexity index is 566. The molecule has 0 unspecified atom stereocenters. The van der Waals surface area contributed by atoms with Crippen LogP contribution in [0.15, 0.2) is 24.3 Å². The zero-order valence-electron chi connectivity index (χ0n) is 15.2. The van der Waals surface area contributed by atoms with Crippen molar-refractivity contribution in [1.82, 2.24) is 10.2 Å². The number of ether oxygens (including phenoxy) is 1. The molecular formula is C18H28N4O3. The molecule has 0 atom stereocenters. The van der Waals surface area contributed by atoms with Gasteiger partial charge in [-0.25, -0.2) is 4.79 Å². The van der Waals surface area contributed by atoms with Crippen molar-refractivity contribution in [2.75, 3.05) is 56.6 Å². The highest BCUT2D eigenvalue weighted by Gasteiger charge is 2.19. The van der Waals surface area contributed by atoms with Crippen molar-refractivity contribution >= 4 is 23.4 Å². The summed E-state index contributed by atoms with van der Waals surface area (Å²) in [6, 6.07) is 7.65. The minimum absolute atomic E-state index is 0.183. The van der Waals surface area contributed by atoms with E-state index >= 15 is 0 Å². The molecule has 2 N–H and O–H groups in total. The van der Waals surface area contributed by atoms with E-state index in [2.05, 4.69) is 34.3 Å². The first-order valence-electron chi connectivity index (χ1n) is 8.67. The van der Waals surface area contributed by atoms with Gasteiger partial charge < -0.3 is 20.3 Å². The fourth-order valence-corrected chi connectivity index (χ4v) is 2.64. The SMILES string of the molecule is COC(=O)CN1CCN(c2ccc(NC(=O)NCC(C)C)cc2)CC1.